The summed E-state index contributed by atoms with van der Waals surface area (Å²) >= 11 is 0. The van der Waals surface area contributed by atoms with Gasteiger partial charge in [0.2, 0.25) is 11.8 Å². The predicted molar refractivity (Wildman–Crippen MR) is 126 cm³/mol. The van der Waals surface area contributed by atoms with Crippen molar-refractivity contribution in [2.24, 2.45) is 7.05 Å². The van der Waals surface area contributed by atoms with Crippen LogP contribution in [0.5, 0.6) is 5.88 Å². The van der Waals surface area contributed by atoms with Crippen molar-refractivity contribution in [1.29, 1.82) is 0 Å². The predicted octanol–water partition coefficient (Wildman–Crippen LogP) is 3.47. The lowest BCUT2D eigenvalue weighted by atomic mass is 9.86. The number of amides is 1. The fraction of sp³-hybridized carbons (Fsp3) is 0.440. The normalized spacial score (nSPS) is 20.2. The molecule has 0 saturated carbocycles. The number of carbonyl (C=O) groups excluding carboxylic acids is 1. The molecule has 2 aliphatic rings. The van der Waals surface area contributed by atoms with Crippen molar-refractivity contribution in [2.45, 2.75) is 44.6 Å². The number of aryl methyl sites for hydroxylation is 3. The molecular formula is C25H29FN6O2. The number of carbonyl (C=O) groups is 1. The first-order chi connectivity index (χ1) is 16.3. The molecule has 0 unspecified atom stereocenters. The molecule has 178 valence electrons. The molecule has 1 spiro atoms. The van der Waals surface area contributed by atoms with E-state index in [9.17, 15) is 9.18 Å². The topological polar surface area (TPSA) is 85.2 Å². The van der Waals surface area contributed by atoms with E-state index in [4.69, 9.17) is 9.72 Å². The first kappa shape index (κ1) is 22.3. The first-order valence-electron chi connectivity index (χ1n) is 11.5. The quantitative estimate of drug-likeness (QED) is 0.637. The standard InChI is InChI=1S/C25H29FN6O2/c1-15(19-10-22(34-4)27-12-21(19)26)24(33)32-8-7-25(14-32)6-5-17-9-20(16(2)29-23(17)30-25)18-11-28-31(3)13-18/h9-13,15H,5-8,14H2,1-4H3,(H,29,30)/t15-,25-/m1/s1. The van der Waals surface area contributed by atoms with Gasteiger partial charge in [-0.3, -0.25) is 9.48 Å². The summed E-state index contributed by atoms with van der Waals surface area (Å²) in [6.45, 7) is 4.95. The molecule has 1 saturated heterocycles. The van der Waals surface area contributed by atoms with Gasteiger partial charge < -0.3 is 15.0 Å². The van der Waals surface area contributed by atoms with E-state index < -0.39 is 11.7 Å². The Morgan fingerprint density at radius 1 is 1.29 bits per heavy atom. The molecule has 1 N–H and O–H groups in total. The lowest BCUT2D eigenvalue weighted by molar-refractivity contribution is -0.131. The Labute approximate surface area is 198 Å². The SMILES string of the molecule is COc1cc([C@@H](C)C(=O)N2CC[C@]3(CCc4cc(-c5cnn(C)c5)c(C)nc4N3)C2)c(F)cn1. The third-order valence-corrected chi connectivity index (χ3v) is 7.14. The van der Waals surface area contributed by atoms with Crippen LogP contribution in [0.2, 0.25) is 0 Å². The van der Waals surface area contributed by atoms with E-state index in [1.165, 1.54) is 18.7 Å². The molecule has 0 bridgehead atoms. The Morgan fingerprint density at radius 3 is 2.85 bits per heavy atom. The van der Waals surface area contributed by atoms with E-state index in [1.54, 1.807) is 11.6 Å². The Morgan fingerprint density at radius 2 is 2.12 bits per heavy atom. The van der Waals surface area contributed by atoms with Crippen LogP contribution in [0.25, 0.3) is 11.1 Å². The molecular weight excluding hydrogens is 435 g/mol. The number of likely N-dealkylation sites (tertiary alicyclic amines) is 1. The second kappa shape index (κ2) is 8.38. The first-order valence-corrected chi connectivity index (χ1v) is 11.5. The third kappa shape index (κ3) is 3.89. The Balaban J connectivity index is 1.33. The number of rotatable bonds is 4. The van der Waals surface area contributed by atoms with Gasteiger partial charge in [0.15, 0.2) is 0 Å². The highest BCUT2D eigenvalue weighted by Gasteiger charge is 2.43. The van der Waals surface area contributed by atoms with Crippen LogP contribution < -0.4 is 10.1 Å². The average molecular weight is 465 g/mol. The molecule has 0 radical (unpaired) electrons. The van der Waals surface area contributed by atoms with Gasteiger partial charge in [-0.15, -0.1) is 0 Å². The molecule has 1 amide bonds. The van der Waals surface area contributed by atoms with E-state index in [2.05, 4.69) is 21.5 Å². The third-order valence-electron chi connectivity index (χ3n) is 7.14. The zero-order chi connectivity index (χ0) is 24.0. The van der Waals surface area contributed by atoms with E-state index in [0.29, 0.717) is 24.5 Å². The number of hydrogen-bond acceptors (Lipinski definition) is 6. The summed E-state index contributed by atoms with van der Waals surface area (Å²) < 4.78 is 21.3. The van der Waals surface area contributed by atoms with Crippen molar-refractivity contribution in [3.8, 4) is 17.0 Å². The summed E-state index contributed by atoms with van der Waals surface area (Å²) in [5.41, 5.74) is 4.36. The number of aromatic nitrogens is 4. The van der Waals surface area contributed by atoms with Gasteiger partial charge in [0.25, 0.3) is 0 Å². The molecule has 0 aliphatic carbocycles. The molecule has 3 aromatic rings. The highest BCUT2D eigenvalue weighted by molar-refractivity contribution is 5.84. The van der Waals surface area contributed by atoms with Gasteiger partial charge in [-0.05, 0) is 44.7 Å². The van der Waals surface area contributed by atoms with Gasteiger partial charge in [-0.1, -0.05) is 0 Å². The summed E-state index contributed by atoms with van der Waals surface area (Å²) in [6.07, 6.45) is 7.59. The van der Waals surface area contributed by atoms with Crippen LogP contribution >= 0.6 is 0 Å². The molecule has 5 heterocycles. The zero-order valence-electron chi connectivity index (χ0n) is 19.9. The van der Waals surface area contributed by atoms with Crippen LogP contribution in [0.1, 0.15) is 42.5 Å². The van der Waals surface area contributed by atoms with Crippen LogP contribution in [-0.4, -0.2) is 56.3 Å². The number of ether oxygens (including phenoxy) is 1. The van der Waals surface area contributed by atoms with Gasteiger partial charge in [-0.2, -0.15) is 5.10 Å². The molecule has 2 atom stereocenters. The van der Waals surface area contributed by atoms with Crippen LogP contribution in [0.15, 0.2) is 30.7 Å². The second-order valence-electron chi connectivity index (χ2n) is 9.42. The minimum absolute atomic E-state index is 0.0901. The van der Waals surface area contributed by atoms with Gasteiger partial charge in [0, 0.05) is 54.8 Å². The van der Waals surface area contributed by atoms with Gasteiger partial charge in [0.05, 0.1) is 31.0 Å². The van der Waals surface area contributed by atoms with E-state index in [1.807, 2.05) is 31.3 Å². The number of methoxy groups -OCH3 is 1. The maximum Gasteiger partial charge on any atom is 0.230 e. The number of fused-ring (bicyclic) bond motifs is 1. The number of nitrogens with zero attached hydrogens (tertiary/aromatic N) is 5. The molecule has 34 heavy (non-hydrogen) atoms. The Hall–Kier alpha value is -3.49. The molecule has 8 nitrogen and oxygen atoms in total. The average Bonchev–Trinajstić information content (AvgIpc) is 3.44. The molecule has 3 aromatic heterocycles. The summed E-state index contributed by atoms with van der Waals surface area (Å²) in [4.78, 5) is 23.9. The highest BCUT2D eigenvalue weighted by Crippen LogP contribution is 2.39. The maximum absolute atomic E-state index is 14.4. The van der Waals surface area contributed by atoms with Crippen LogP contribution in [0, 0.1) is 12.7 Å². The molecule has 2 aliphatic heterocycles. The largest absolute Gasteiger partial charge is 0.481 e. The second-order valence-corrected chi connectivity index (χ2v) is 9.42. The summed E-state index contributed by atoms with van der Waals surface area (Å²) in [7, 11) is 3.38. The summed E-state index contributed by atoms with van der Waals surface area (Å²) in [5.74, 6) is -0.0161. The monoisotopic (exact) mass is 464 g/mol. The van der Waals surface area contributed by atoms with Crippen molar-refractivity contribution in [3.63, 3.8) is 0 Å². The van der Waals surface area contributed by atoms with Gasteiger partial charge in [0.1, 0.15) is 11.6 Å². The van der Waals surface area contributed by atoms with Crippen molar-refractivity contribution in [3.05, 3.63) is 53.4 Å². The fourth-order valence-corrected chi connectivity index (χ4v) is 5.14. The van der Waals surface area contributed by atoms with Crippen LogP contribution in [0.3, 0.4) is 0 Å². The minimum Gasteiger partial charge on any atom is -0.481 e. The van der Waals surface area contributed by atoms with Crippen LogP contribution in [-0.2, 0) is 18.3 Å². The zero-order valence-corrected chi connectivity index (χ0v) is 19.9. The smallest absolute Gasteiger partial charge is 0.230 e. The minimum atomic E-state index is -0.620. The Bertz CT molecular complexity index is 1260. The van der Waals surface area contributed by atoms with Crippen molar-refractivity contribution < 1.29 is 13.9 Å². The van der Waals surface area contributed by atoms with Gasteiger partial charge in [-0.25, -0.2) is 14.4 Å². The van der Waals surface area contributed by atoms with Gasteiger partial charge >= 0.3 is 0 Å². The number of hydrogen-bond donors (Lipinski definition) is 1. The highest BCUT2D eigenvalue weighted by atomic mass is 19.1. The molecule has 0 aromatic carbocycles. The molecule has 5 rings (SSSR count). The van der Waals surface area contributed by atoms with Crippen molar-refractivity contribution in [1.82, 2.24) is 24.6 Å². The van der Waals surface area contributed by atoms with Crippen molar-refractivity contribution in [2.75, 3.05) is 25.5 Å². The summed E-state index contributed by atoms with van der Waals surface area (Å²) in [6, 6.07) is 3.71. The van der Waals surface area contributed by atoms with Crippen LogP contribution in [0.4, 0.5) is 10.2 Å². The van der Waals surface area contributed by atoms with E-state index in [0.717, 1.165) is 48.1 Å². The fourth-order valence-electron chi connectivity index (χ4n) is 5.14. The molecule has 1 fully saturated rings. The van der Waals surface area contributed by atoms with E-state index >= 15 is 0 Å². The maximum atomic E-state index is 14.4. The van der Waals surface area contributed by atoms with E-state index in [-0.39, 0.29) is 11.4 Å². The summed E-state index contributed by atoms with van der Waals surface area (Å²) in [5, 5.41) is 7.94. The Kier molecular flexibility index (Phi) is 5.50. The number of nitrogens with one attached hydrogen (secondary N) is 1. The lowest BCUT2D eigenvalue weighted by Gasteiger charge is -2.36. The van der Waals surface area contributed by atoms with Crippen molar-refractivity contribution >= 4 is 11.7 Å². The lowest BCUT2D eigenvalue weighted by Crippen LogP contribution is -2.46. The molecule has 9 heteroatoms. The number of pyridine rings is 2. The number of anilines is 1. The number of halogens is 1.